The number of benzene rings is 1. The third-order valence-corrected chi connectivity index (χ3v) is 3.42. The van der Waals surface area contributed by atoms with Crippen molar-refractivity contribution < 1.29 is 9.50 Å². The summed E-state index contributed by atoms with van der Waals surface area (Å²) in [5.41, 5.74) is 0.861. The maximum absolute atomic E-state index is 13.1. The molecule has 0 saturated carbocycles. The second-order valence-electron chi connectivity index (χ2n) is 5.00. The molecular weight excluding hydrogens is 217 g/mol. The normalized spacial score (nSPS) is 20.9. The quantitative estimate of drug-likeness (QED) is 0.869. The monoisotopic (exact) mass is 237 g/mol. The molecule has 1 fully saturated rings. The molecule has 1 N–H and O–H groups in total. The van der Waals surface area contributed by atoms with Gasteiger partial charge in [-0.3, -0.25) is 4.90 Å². The van der Waals surface area contributed by atoms with Gasteiger partial charge in [0.15, 0.2) is 0 Å². The molecule has 0 aromatic heterocycles. The minimum Gasteiger partial charge on any atom is -0.508 e. The largest absolute Gasteiger partial charge is 0.508 e. The Labute approximate surface area is 102 Å². The Bertz CT molecular complexity index is 360. The van der Waals surface area contributed by atoms with Crippen molar-refractivity contribution in [2.24, 2.45) is 5.92 Å². The standard InChI is InChI=1S/C14H20FNO/c1-2-3-11-4-5-16(9-11)10-12-6-13(15)8-14(17)7-12/h6-8,11,17H,2-5,9-10H2,1H3. The molecule has 3 heteroatoms. The maximum atomic E-state index is 13.1. The van der Waals surface area contributed by atoms with E-state index in [-0.39, 0.29) is 11.6 Å². The molecule has 94 valence electrons. The molecule has 0 aliphatic carbocycles. The van der Waals surface area contributed by atoms with Crippen molar-refractivity contribution >= 4 is 0 Å². The highest BCUT2D eigenvalue weighted by molar-refractivity contribution is 5.28. The second-order valence-corrected chi connectivity index (χ2v) is 5.00. The molecule has 1 atom stereocenters. The Morgan fingerprint density at radius 1 is 1.41 bits per heavy atom. The van der Waals surface area contributed by atoms with Gasteiger partial charge < -0.3 is 5.11 Å². The molecule has 1 aliphatic heterocycles. The van der Waals surface area contributed by atoms with Gasteiger partial charge in [0.1, 0.15) is 11.6 Å². The lowest BCUT2D eigenvalue weighted by molar-refractivity contribution is 0.312. The molecule has 1 unspecified atom stereocenters. The van der Waals surface area contributed by atoms with Crippen LogP contribution in [0.4, 0.5) is 4.39 Å². The average molecular weight is 237 g/mol. The maximum Gasteiger partial charge on any atom is 0.127 e. The number of nitrogens with zero attached hydrogens (tertiary/aromatic N) is 1. The third kappa shape index (κ3) is 3.43. The van der Waals surface area contributed by atoms with Gasteiger partial charge in [-0.2, -0.15) is 0 Å². The summed E-state index contributed by atoms with van der Waals surface area (Å²) >= 11 is 0. The van der Waals surface area contributed by atoms with E-state index >= 15 is 0 Å². The first kappa shape index (κ1) is 12.4. The molecule has 1 aromatic rings. The fourth-order valence-electron chi connectivity index (χ4n) is 2.68. The van der Waals surface area contributed by atoms with E-state index in [1.54, 1.807) is 6.07 Å². The predicted octanol–water partition coefficient (Wildman–Crippen LogP) is 3.15. The van der Waals surface area contributed by atoms with Gasteiger partial charge in [0.2, 0.25) is 0 Å². The Kier molecular flexibility index (Phi) is 4.00. The first-order valence-corrected chi connectivity index (χ1v) is 6.38. The summed E-state index contributed by atoms with van der Waals surface area (Å²) in [7, 11) is 0. The van der Waals surface area contributed by atoms with Crippen molar-refractivity contribution in [2.45, 2.75) is 32.7 Å². The topological polar surface area (TPSA) is 23.5 Å². The summed E-state index contributed by atoms with van der Waals surface area (Å²) in [6.45, 7) is 5.14. The lowest BCUT2D eigenvalue weighted by atomic mass is 10.0. The molecule has 0 amide bonds. The van der Waals surface area contributed by atoms with Gasteiger partial charge in [-0.1, -0.05) is 13.3 Å². The molecule has 0 radical (unpaired) electrons. The van der Waals surface area contributed by atoms with E-state index in [4.69, 9.17) is 0 Å². The van der Waals surface area contributed by atoms with Crippen LogP contribution in [-0.4, -0.2) is 23.1 Å². The van der Waals surface area contributed by atoms with E-state index in [9.17, 15) is 9.50 Å². The van der Waals surface area contributed by atoms with Crippen molar-refractivity contribution in [3.05, 3.63) is 29.6 Å². The number of phenolic OH excluding ortho intramolecular Hbond substituents is 1. The minimum absolute atomic E-state index is 0.0179. The van der Waals surface area contributed by atoms with E-state index in [1.165, 1.54) is 25.3 Å². The highest BCUT2D eigenvalue weighted by Crippen LogP contribution is 2.23. The molecule has 1 aliphatic rings. The van der Waals surface area contributed by atoms with Crippen LogP contribution in [0.2, 0.25) is 0 Å². The Morgan fingerprint density at radius 3 is 2.94 bits per heavy atom. The number of hydrogen-bond donors (Lipinski definition) is 1. The van der Waals surface area contributed by atoms with Gasteiger partial charge in [0.25, 0.3) is 0 Å². The number of rotatable bonds is 4. The second kappa shape index (κ2) is 5.50. The van der Waals surface area contributed by atoms with Crippen molar-refractivity contribution in [2.75, 3.05) is 13.1 Å². The molecule has 1 aromatic carbocycles. The zero-order chi connectivity index (χ0) is 12.3. The van der Waals surface area contributed by atoms with Crippen molar-refractivity contribution in [3.63, 3.8) is 0 Å². The smallest absolute Gasteiger partial charge is 0.127 e. The molecule has 17 heavy (non-hydrogen) atoms. The van der Waals surface area contributed by atoms with Crippen LogP contribution in [0, 0.1) is 11.7 Å². The van der Waals surface area contributed by atoms with Crippen LogP contribution < -0.4 is 0 Å². The Balaban J connectivity index is 1.93. The van der Waals surface area contributed by atoms with E-state index in [0.29, 0.717) is 0 Å². The van der Waals surface area contributed by atoms with Crippen LogP contribution in [0.5, 0.6) is 5.75 Å². The van der Waals surface area contributed by atoms with Gasteiger partial charge in [-0.25, -0.2) is 4.39 Å². The molecule has 2 rings (SSSR count). The molecule has 2 nitrogen and oxygen atoms in total. The number of halogens is 1. The molecule has 1 heterocycles. The van der Waals surface area contributed by atoms with Crippen LogP contribution in [0.3, 0.4) is 0 Å². The summed E-state index contributed by atoms with van der Waals surface area (Å²) in [6.07, 6.45) is 3.76. The average Bonchev–Trinajstić information content (AvgIpc) is 2.64. The first-order chi connectivity index (χ1) is 8.17. The Morgan fingerprint density at radius 2 is 2.24 bits per heavy atom. The zero-order valence-electron chi connectivity index (χ0n) is 10.3. The first-order valence-electron chi connectivity index (χ1n) is 6.38. The summed E-state index contributed by atoms with van der Waals surface area (Å²) in [5, 5.41) is 9.35. The number of likely N-dealkylation sites (tertiary alicyclic amines) is 1. The van der Waals surface area contributed by atoms with E-state index < -0.39 is 0 Å². The van der Waals surface area contributed by atoms with Crippen LogP contribution in [0.25, 0.3) is 0 Å². The van der Waals surface area contributed by atoms with Crippen LogP contribution in [0.15, 0.2) is 18.2 Å². The lowest BCUT2D eigenvalue weighted by Gasteiger charge is -2.16. The highest BCUT2D eigenvalue weighted by Gasteiger charge is 2.21. The summed E-state index contributed by atoms with van der Waals surface area (Å²) < 4.78 is 13.1. The van der Waals surface area contributed by atoms with E-state index in [1.807, 2.05) is 0 Å². The van der Waals surface area contributed by atoms with Crippen LogP contribution in [-0.2, 0) is 6.54 Å². The summed E-state index contributed by atoms with van der Waals surface area (Å²) in [4.78, 5) is 2.34. The van der Waals surface area contributed by atoms with E-state index in [0.717, 1.165) is 37.2 Å². The Hall–Kier alpha value is -1.09. The van der Waals surface area contributed by atoms with Crippen molar-refractivity contribution in [1.29, 1.82) is 0 Å². The highest BCUT2D eigenvalue weighted by atomic mass is 19.1. The fourth-order valence-corrected chi connectivity index (χ4v) is 2.68. The number of phenols is 1. The fraction of sp³-hybridized carbons (Fsp3) is 0.571. The van der Waals surface area contributed by atoms with Gasteiger partial charge in [0, 0.05) is 19.2 Å². The minimum atomic E-state index is -0.357. The summed E-state index contributed by atoms with van der Waals surface area (Å²) in [5.74, 6) is 0.454. The van der Waals surface area contributed by atoms with Gasteiger partial charge in [0.05, 0.1) is 0 Å². The molecule has 1 saturated heterocycles. The van der Waals surface area contributed by atoms with Crippen molar-refractivity contribution in [1.82, 2.24) is 4.90 Å². The van der Waals surface area contributed by atoms with Crippen molar-refractivity contribution in [3.8, 4) is 5.75 Å². The zero-order valence-corrected chi connectivity index (χ0v) is 10.3. The van der Waals surface area contributed by atoms with Gasteiger partial charge >= 0.3 is 0 Å². The number of aromatic hydroxyl groups is 1. The van der Waals surface area contributed by atoms with Gasteiger partial charge in [-0.15, -0.1) is 0 Å². The lowest BCUT2D eigenvalue weighted by Crippen LogP contribution is -2.20. The SMILES string of the molecule is CCCC1CCN(Cc2cc(O)cc(F)c2)C1. The summed E-state index contributed by atoms with van der Waals surface area (Å²) in [6, 6.07) is 4.30. The van der Waals surface area contributed by atoms with Crippen LogP contribution >= 0.6 is 0 Å². The predicted molar refractivity (Wildman–Crippen MR) is 66.4 cm³/mol. The third-order valence-electron chi connectivity index (χ3n) is 3.42. The van der Waals surface area contributed by atoms with Gasteiger partial charge in [-0.05, 0) is 43.0 Å². The molecule has 0 spiro atoms. The molecule has 0 bridgehead atoms. The van der Waals surface area contributed by atoms with E-state index in [2.05, 4.69) is 11.8 Å². The van der Waals surface area contributed by atoms with Crippen LogP contribution in [0.1, 0.15) is 31.7 Å². The number of hydrogen-bond acceptors (Lipinski definition) is 2. The molecular formula is C14H20FNO.